The van der Waals surface area contributed by atoms with Gasteiger partial charge in [-0.1, -0.05) is 6.07 Å². The first-order chi connectivity index (χ1) is 10.7. The molecule has 1 N–H and O–H groups in total. The van der Waals surface area contributed by atoms with E-state index in [4.69, 9.17) is 0 Å². The van der Waals surface area contributed by atoms with Gasteiger partial charge < -0.3 is 5.11 Å². The first-order valence-corrected chi connectivity index (χ1v) is 7.49. The van der Waals surface area contributed by atoms with E-state index in [9.17, 15) is 9.90 Å². The van der Waals surface area contributed by atoms with E-state index in [-0.39, 0.29) is 12.1 Å². The van der Waals surface area contributed by atoms with Crippen molar-refractivity contribution < 1.29 is 5.11 Å². The Bertz CT molecular complexity index is 912. The Morgan fingerprint density at radius 3 is 2.43 bits per heavy atom. The van der Waals surface area contributed by atoms with Crippen LogP contribution in [0, 0.1) is 13.8 Å². The molecule has 3 aromatic rings. The Morgan fingerprint density at radius 2 is 1.83 bits per heavy atom. The molecular weight excluding hydrogens is 292 g/mol. The zero-order valence-corrected chi connectivity index (χ0v) is 13.7. The van der Waals surface area contributed by atoms with E-state index in [0.717, 1.165) is 16.8 Å². The van der Waals surface area contributed by atoms with Crippen LogP contribution in [0.15, 0.2) is 35.5 Å². The fourth-order valence-corrected chi connectivity index (χ4v) is 2.74. The van der Waals surface area contributed by atoms with Crippen LogP contribution in [0.4, 0.5) is 0 Å². The average Bonchev–Trinajstić information content (AvgIpc) is 2.84. The second-order valence-electron chi connectivity index (χ2n) is 6.63. The van der Waals surface area contributed by atoms with Gasteiger partial charge in [0, 0.05) is 0 Å². The molecule has 0 aliphatic carbocycles. The molecule has 23 heavy (non-hydrogen) atoms. The minimum absolute atomic E-state index is 0.184. The molecule has 0 amide bonds. The molecule has 0 aliphatic heterocycles. The fourth-order valence-electron chi connectivity index (χ4n) is 2.74. The summed E-state index contributed by atoms with van der Waals surface area (Å²) in [4.78, 5) is 16.9. The van der Waals surface area contributed by atoms with Gasteiger partial charge in [-0.2, -0.15) is 5.10 Å². The van der Waals surface area contributed by atoms with E-state index < -0.39 is 5.60 Å². The molecular formula is C17H20N4O2. The Balaban J connectivity index is 2.15. The van der Waals surface area contributed by atoms with E-state index in [1.54, 1.807) is 18.5 Å². The van der Waals surface area contributed by atoms with Gasteiger partial charge >= 0.3 is 0 Å². The molecule has 6 nitrogen and oxygen atoms in total. The van der Waals surface area contributed by atoms with Crippen molar-refractivity contribution in [1.82, 2.24) is 19.3 Å². The van der Waals surface area contributed by atoms with Gasteiger partial charge in [0.15, 0.2) is 5.65 Å². The molecule has 3 rings (SSSR count). The van der Waals surface area contributed by atoms with Crippen LogP contribution in [0.1, 0.15) is 25.0 Å². The number of fused-ring (bicyclic) bond motifs is 1. The predicted molar refractivity (Wildman–Crippen MR) is 88.9 cm³/mol. The lowest BCUT2D eigenvalue weighted by Crippen LogP contribution is -2.32. The van der Waals surface area contributed by atoms with E-state index in [2.05, 4.69) is 16.1 Å². The summed E-state index contributed by atoms with van der Waals surface area (Å²) in [6.07, 6.45) is 2.99. The average molecular weight is 312 g/mol. The number of rotatable bonds is 3. The molecule has 120 valence electrons. The SMILES string of the molecule is Cc1cc(C)cc(-n2ncc3c(=O)n(CC(C)(C)O)cnc32)c1. The highest BCUT2D eigenvalue weighted by atomic mass is 16.3. The van der Waals surface area contributed by atoms with Crippen molar-refractivity contribution in [1.29, 1.82) is 0 Å². The van der Waals surface area contributed by atoms with Crippen molar-refractivity contribution in [3.8, 4) is 5.69 Å². The molecule has 0 aliphatic rings. The lowest BCUT2D eigenvalue weighted by Gasteiger charge is -2.18. The monoisotopic (exact) mass is 312 g/mol. The molecule has 0 unspecified atom stereocenters. The maximum Gasteiger partial charge on any atom is 0.264 e. The Hall–Kier alpha value is -2.47. The normalized spacial score (nSPS) is 12.0. The van der Waals surface area contributed by atoms with E-state index in [1.165, 1.54) is 17.1 Å². The van der Waals surface area contributed by atoms with Gasteiger partial charge in [-0.25, -0.2) is 9.67 Å². The molecule has 0 radical (unpaired) electrons. The zero-order valence-electron chi connectivity index (χ0n) is 13.7. The van der Waals surface area contributed by atoms with Gasteiger partial charge in [-0.05, 0) is 51.0 Å². The van der Waals surface area contributed by atoms with Crippen molar-refractivity contribution in [2.24, 2.45) is 0 Å². The van der Waals surface area contributed by atoms with Crippen molar-refractivity contribution in [3.05, 3.63) is 52.2 Å². The summed E-state index contributed by atoms with van der Waals surface area (Å²) in [7, 11) is 0. The highest BCUT2D eigenvalue weighted by Crippen LogP contribution is 2.17. The summed E-state index contributed by atoms with van der Waals surface area (Å²) in [5.74, 6) is 0. The standard InChI is InChI=1S/C17H20N4O2/c1-11-5-12(2)7-13(6-11)21-15-14(8-19-21)16(22)20(10-18-15)9-17(3,4)23/h5-8,10,23H,9H2,1-4H3. The smallest absolute Gasteiger partial charge is 0.264 e. The Morgan fingerprint density at radius 1 is 1.17 bits per heavy atom. The number of aryl methyl sites for hydroxylation is 2. The molecule has 6 heteroatoms. The summed E-state index contributed by atoms with van der Waals surface area (Å²) in [6.45, 7) is 7.53. The maximum absolute atomic E-state index is 12.5. The molecule has 0 saturated heterocycles. The third-order valence-corrected chi connectivity index (χ3v) is 3.56. The van der Waals surface area contributed by atoms with Crippen LogP contribution in [0.3, 0.4) is 0 Å². The van der Waals surface area contributed by atoms with E-state index in [0.29, 0.717) is 11.0 Å². The second-order valence-corrected chi connectivity index (χ2v) is 6.63. The van der Waals surface area contributed by atoms with Gasteiger partial charge in [0.25, 0.3) is 5.56 Å². The molecule has 1 aromatic carbocycles. The third kappa shape index (κ3) is 3.03. The van der Waals surface area contributed by atoms with Gasteiger partial charge in [-0.15, -0.1) is 0 Å². The number of benzene rings is 1. The zero-order chi connectivity index (χ0) is 16.8. The van der Waals surface area contributed by atoms with Gasteiger partial charge in [0.05, 0.1) is 24.0 Å². The van der Waals surface area contributed by atoms with Crippen molar-refractivity contribution in [2.75, 3.05) is 0 Å². The molecule has 0 bridgehead atoms. The summed E-state index contributed by atoms with van der Waals surface area (Å²) in [5.41, 5.74) is 2.46. The van der Waals surface area contributed by atoms with Gasteiger partial charge in [0.2, 0.25) is 0 Å². The van der Waals surface area contributed by atoms with Crippen LogP contribution < -0.4 is 5.56 Å². The number of nitrogens with zero attached hydrogens (tertiary/aromatic N) is 4. The molecule has 0 fully saturated rings. The van der Waals surface area contributed by atoms with E-state index >= 15 is 0 Å². The minimum Gasteiger partial charge on any atom is -0.389 e. The summed E-state index contributed by atoms with van der Waals surface area (Å²) in [6, 6.07) is 6.09. The fraction of sp³-hybridized carbons (Fsp3) is 0.353. The van der Waals surface area contributed by atoms with Crippen molar-refractivity contribution in [3.63, 3.8) is 0 Å². The Kier molecular flexibility index (Phi) is 3.56. The third-order valence-electron chi connectivity index (χ3n) is 3.56. The highest BCUT2D eigenvalue weighted by molar-refractivity contribution is 5.75. The number of hydrogen-bond donors (Lipinski definition) is 1. The molecule has 2 aromatic heterocycles. The quantitative estimate of drug-likeness (QED) is 0.802. The van der Waals surface area contributed by atoms with Crippen LogP contribution in [0.5, 0.6) is 0 Å². The minimum atomic E-state index is -0.983. The number of hydrogen-bond acceptors (Lipinski definition) is 4. The molecule has 0 saturated carbocycles. The Labute approximate surface area is 134 Å². The number of aromatic nitrogens is 4. The maximum atomic E-state index is 12.5. The molecule has 0 atom stereocenters. The van der Waals surface area contributed by atoms with Crippen molar-refractivity contribution >= 4 is 11.0 Å². The van der Waals surface area contributed by atoms with Gasteiger partial charge in [0.1, 0.15) is 11.7 Å². The van der Waals surface area contributed by atoms with Gasteiger partial charge in [-0.3, -0.25) is 9.36 Å². The first kappa shape index (κ1) is 15.4. The lowest BCUT2D eigenvalue weighted by molar-refractivity contribution is 0.0603. The van der Waals surface area contributed by atoms with Crippen LogP contribution in [-0.4, -0.2) is 30.0 Å². The predicted octanol–water partition coefficient (Wildman–Crippen LogP) is 1.97. The first-order valence-electron chi connectivity index (χ1n) is 7.49. The van der Waals surface area contributed by atoms with Crippen LogP contribution in [0.25, 0.3) is 16.7 Å². The highest BCUT2D eigenvalue weighted by Gasteiger charge is 2.17. The lowest BCUT2D eigenvalue weighted by atomic mass is 10.1. The van der Waals surface area contributed by atoms with Crippen LogP contribution in [0.2, 0.25) is 0 Å². The second kappa shape index (κ2) is 5.31. The number of aliphatic hydroxyl groups is 1. The topological polar surface area (TPSA) is 72.9 Å². The summed E-state index contributed by atoms with van der Waals surface area (Å²) in [5, 5.41) is 14.7. The molecule has 2 heterocycles. The van der Waals surface area contributed by atoms with Crippen molar-refractivity contribution in [2.45, 2.75) is 39.8 Å². The molecule has 0 spiro atoms. The van der Waals surface area contributed by atoms with Crippen LogP contribution in [-0.2, 0) is 6.54 Å². The summed E-state index contributed by atoms with van der Waals surface area (Å²) >= 11 is 0. The van der Waals surface area contributed by atoms with Crippen LogP contribution >= 0.6 is 0 Å². The van der Waals surface area contributed by atoms with E-state index in [1.807, 2.05) is 26.0 Å². The summed E-state index contributed by atoms with van der Waals surface area (Å²) < 4.78 is 3.08. The largest absolute Gasteiger partial charge is 0.389 e.